The number of rotatable bonds is 9. The highest BCUT2D eigenvalue weighted by Gasteiger charge is 2.59. The zero-order chi connectivity index (χ0) is 48.5. The number of methoxy groups -OCH3 is 1. The highest BCUT2D eigenvalue weighted by atomic mass is 16.7. The minimum atomic E-state index is -1.82. The summed E-state index contributed by atoms with van der Waals surface area (Å²) < 4.78 is 46.3. The fourth-order valence-electron chi connectivity index (χ4n) is 11.1. The molecular formula is C49H83N5O12. The number of piperazine rings is 1. The number of carbonyl (C=O) groups is 1. The Morgan fingerprint density at radius 1 is 0.909 bits per heavy atom. The van der Waals surface area contributed by atoms with Crippen molar-refractivity contribution in [3.8, 4) is 0 Å². The Hall–Kier alpha value is -2.52. The van der Waals surface area contributed by atoms with E-state index in [1.165, 1.54) is 6.92 Å². The molecule has 17 heteroatoms. The standard InChI is InChI=1S/C49H83N5O12/c1-14-37-48(10,58)41(55)33(6)50-27-29(2)25-46(8,57)42(66-44-40-36(24-30(3)61-44)53(12)45(65-40)51-35-18-16-15-17-19-35)31(4)39(32(5)43(56)63-37)64-38-26-47(9,60-13)49(59,34(7)62-38)28-54-22-20-52(11)21-23-54/h15-19,29-34,36-42,44,50,55,57-59H,14,20-28H2,1-13H3/t29-,30-,31+,32-,33-,34+,36+,37-,38+,39+,40-,41-,42-,44+,46-,47-,48-,49+/m1/s1. The molecule has 0 aliphatic carbocycles. The average Bonchev–Trinajstić information content (AvgIpc) is 3.58. The number of nitrogens with zero attached hydrogens (tertiary/aromatic N) is 4. The van der Waals surface area contributed by atoms with Crippen LogP contribution in [0.3, 0.4) is 0 Å². The number of ether oxygens (including phenoxy) is 7. The maximum Gasteiger partial charge on any atom is 0.311 e. The maximum absolute atomic E-state index is 14.6. The Balaban J connectivity index is 1.38. The van der Waals surface area contributed by atoms with E-state index in [0.29, 0.717) is 25.5 Å². The normalized spacial score (nSPS) is 45.7. The largest absolute Gasteiger partial charge is 0.459 e. The lowest BCUT2D eigenvalue weighted by Gasteiger charge is -2.55. The maximum atomic E-state index is 14.6. The van der Waals surface area contributed by atoms with E-state index in [4.69, 9.17) is 38.2 Å². The number of para-hydroxylation sites is 1. The second-order valence-corrected chi connectivity index (χ2v) is 21.1. The third-order valence-electron chi connectivity index (χ3n) is 15.6. The molecule has 18 atom stereocenters. The Morgan fingerprint density at radius 3 is 2.21 bits per heavy atom. The van der Waals surface area contributed by atoms with Gasteiger partial charge in [0, 0.05) is 65.3 Å². The molecule has 5 N–H and O–H groups in total. The number of amidine groups is 1. The summed E-state index contributed by atoms with van der Waals surface area (Å²) in [5, 5.41) is 52.2. The van der Waals surface area contributed by atoms with Crippen LogP contribution in [0.4, 0.5) is 5.69 Å². The quantitative estimate of drug-likeness (QED) is 0.226. The van der Waals surface area contributed by atoms with Gasteiger partial charge in [0.05, 0.1) is 47.7 Å². The second kappa shape index (κ2) is 21.2. The van der Waals surface area contributed by atoms with Gasteiger partial charge in [-0.3, -0.25) is 9.69 Å². The molecule has 0 radical (unpaired) electrons. The molecule has 0 unspecified atom stereocenters. The molecule has 5 aliphatic rings. The van der Waals surface area contributed by atoms with Crippen molar-refractivity contribution in [2.45, 2.75) is 185 Å². The lowest BCUT2D eigenvalue weighted by Crippen LogP contribution is -2.71. The Morgan fingerprint density at radius 2 is 1.58 bits per heavy atom. The molecule has 5 saturated heterocycles. The van der Waals surface area contributed by atoms with Gasteiger partial charge in [0.1, 0.15) is 29.0 Å². The zero-order valence-corrected chi connectivity index (χ0v) is 41.9. The van der Waals surface area contributed by atoms with Gasteiger partial charge in [-0.25, -0.2) is 0 Å². The van der Waals surface area contributed by atoms with Gasteiger partial charge in [0.15, 0.2) is 18.7 Å². The number of carbonyl (C=O) groups excluding carboxylic acids is 1. The van der Waals surface area contributed by atoms with Gasteiger partial charge in [-0.05, 0) is 99.4 Å². The first-order chi connectivity index (χ1) is 30.9. The average molecular weight is 934 g/mol. The number of nitrogens with one attached hydrogen (secondary N) is 1. The SMILES string of the molecule is CC[C@H]1OC(=O)[C@H](C)[C@@H](O[C@H]2C[C@@](C)(OC)[C@](O)(CN3CCN(C)CC3)[C@H](C)O2)[C@H](C)[C@@H](O[C@@H]2O[C@H](C)C[C@H]3[C@H]2OC(=Nc2ccccc2)N3C)[C@](C)(O)C[C@@H](C)CN[C@H](C)[C@@H](O)[C@]1(C)O. The number of likely N-dealkylation sites (N-methyl/N-ethyl adjacent to an activating group) is 2. The highest BCUT2D eigenvalue weighted by Crippen LogP contribution is 2.44. The molecule has 5 heterocycles. The van der Waals surface area contributed by atoms with Gasteiger partial charge in [0.2, 0.25) is 0 Å². The molecule has 0 aromatic heterocycles. The van der Waals surface area contributed by atoms with Crippen LogP contribution in [0.2, 0.25) is 0 Å². The summed E-state index contributed by atoms with van der Waals surface area (Å²) in [6.07, 6.45) is -6.84. The molecule has 17 nitrogen and oxygen atoms in total. The summed E-state index contributed by atoms with van der Waals surface area (Å²) in [6, 6.07) is 9.24. The van der Waals surface area contributed by atoms with Crippen LogP contribution in [-0.2, 0) is 38.0 Å². The lowest BCUT2D eigenvalue weighted by atomic mass is 9.74. The first-order valence-corrected chi connectivity index (χ1v) is 24.3. The summed E-state index contributed by atoms with van der Waals surface area (Å²) in [5.74, 6) is -2.63. The van der Waals surface area contributed by atoms with E-state index in [1.807, 2.05) is 76.9 Å². The van der Waals surface area contributed by atoms with Crippen molar-refractivity contribution in [1.82, 2.24) is 20.0 Å². The molecular weight excluding hydrogens is 851 g/mol. The number of aliphatic hydroxyl groups excluding tert-OH is 1. The first-order valence-electron chi connectivity index (χ1n) is 24.3. The van der Waals surface area contributed by atoms with Crippen LogP contribution in [0.5, 0.6) is 0 Å². The molecule has 1 aromatic carbocycles. The van der Waals surface area contributed by atoms with Gasteiger partial charge in [-0.1, -0.05) is 39.0 Å². The summed E-state index contributed by atoms with van der Waals surface area (Å²) in [6.45, 7) is 22.1. The molecule has 0 spiro atoms. The molecule has 5 aliphatic heterocycles. The number of aliphatic hydroxyl groups is 4. The summed E-state index contributed by atoms with van der Waals surface area (Å²) in [7, 11) is 5.61. The van der Waals surface area contributed by atoms with E-state index in [1.54, 1.807) is 34.8 Å². The number of fused-ring (bicyclic) bond motifs is 1. The molecule has 1 aromatic rings. The predicted molar refractivity (Wildman–Crippen MR) is 249 cm³/mol. The summed E-state index contributed by atoms with van der Waals surface area (Å²) in [4.78, 5) is 25.9. The summed E-state index contributed by atoms with van der Waals surface area (Å²) >= 11 is 0. The van der Waals surface area contributed by atoms with Crippen molar-refractivity contribution in [3.05, 3.63) is 30.3 Å². The molecule has 5 fully saturated rings. The van der Waals surface area contributed by atoms with E-state index in [9.17, 15) is 25.2 Å². The third-order valence-corrected chi connectivity index (χ3v) is 15.6. The van der Waals surface area contributed by atoms with Crippen LogP contribution in [-0.4, -0.2) is 197 Å². The molecule has 66 heavy (non-hydrogen) atoms. The Kier molecular flexibility index (Phi) is 17.0. The molecule has 0 saturated carbocycles. The minimum Gasteiger partial charge on any atom is -0.459 e. The lowest BCUT2D eigenvalue weighted by molar-refractivity contribution is -0.338. The van der Waals surface area contributed by atoms with Crippen LogP contribution in [0.25, 0.3) is 0 Å². The minimum absolute atomic E-state index is 0.112. The van der Waals surface area contributed by atoms with Crippen molar-refractivity contribution in [3.63, 3.8) is 0 Å². The van der Waals surface area contributed by atoms with Crippen LogP contribution < -0.4 is 5.32 Å². The van der Waals surface area contributed by atoms with E-state index in [-0.39, 0.29) is 37.3 Å². The van der Waals surface area contributed by atoms with E-state index < -0.39 is 95.5 Å². The first kappa shape index (κ1) is 52.8. The molecule has 376 valence electrons. The van der Waals surface area contributed by atoms with Gasteiger partial charge in [0.25, 0.3) is 6.02 Å². The number of esters is 1. The fourth-order valence-corrected chi connectivity index (χ4v) is 11.1. The number of cyclic esters (lactones) is 1. The zero-order valence-electron chi connectivity index (χ0n) is 41.9. The fraction of sp³-hybridized carbons (Fsp3) is 0.837. The van der Waals surface area contributed by atoms with Crippen molar-refractivity contribution < 1.29 is 58.4 Å². The number of β-amino-alcohol motifs (C(OH)–C–C–N with tert-alkyl or cyclic N) is 1. The monoisotopic (exact) mass is 934 g/mol. The van der Waals surface area contributed by atoms with Gasteiger partial charge in [-0.2, -0.15) is 4.99 Å². The highest BCUT2D eigenvalue weighted by molar-refractivity contribution is 5.79. The Bertz CT molecular complexity index is 1770. The third kappa shape index (κ3) is 11.2. The number of benzene rings is 1. The van der Waals surface area contributed by atoms with Crippen LogP contribution in [0.15, 0.2) is 35.3 Å². The summed E-state index contributed by atoms with van der Waals surface area (Å²) in [5.41, 5.74) is -5.21. The smallest absolute Gasteiger partial charge is 0.311 e. The van der Waals surface area contributed by atoms with Gasteiger partial charge < -0.3 is 68.7 Å². The van der Waals surface area contributed by atoms with E-state index in [0.717, 1.165) is 31.9 Å². The van der Waals surface area contributed by atoms with Crippen molar-refractivity contribution >= 4 is 17.7 Å². The van der Waals surface area contributed by atoms with Gasteiger partial charge in [-0.15, -0.1) is 0 Å². The molecule has 0 amide bonds. The van der Waals surface area contributed by atoms with E-state index >= 15 is 0 Å². The number of hydrogen-bond donors (Lipinski definition) is 5. The van der Waals surface area contributed by atoms with Crippen LogP contribution in [0, 0.1) is 17.8 Å². The van der Waals surface area contributed by atoms with Crippen LogP contribution >= 0.6 is 0 Å². The van der Waals surface area contributed by atoms with Crippen molar-refractivity contribution in [2.75, 3.05) is 60.5 Å². The molecule has 0 bridgehead atoms. The number of aliphatic imine (C=N–C) groups is 1. The van der Waals surface area contributed by atoms with Crippen molar-refractivity contribution in [1.29, 1.82) is 0 Å². The second-order valence-electron chi connectivity index (χ2n) is 21.1. The Labute approximate surface area is 393 Å². The van der Waals surface area contributed by atoms with Crippen LogP contribution in [0.1, 0.15) is 94.9 Å². The topological polar surface area (TPSA) is 197 Å². The predicted octanol–water partition coefficient (Wildman–Crippen LogP) is 3.27. The number of hydrogen-bond acceptors (Lipinski definition) is 16. The molecule has 6 rings (SSSR count). The van der Waals surface area contributed by atoms with E-state index in [2.05, 4.69) is 22.2 Å². The van der Waals surface area contributed by atoms with Gasteiger partial charge >= 0.3 is 5.97 Å². The van der Waals surface area contributed by atoms with Crippen molar-refractivity contribution in [2.24, 2.45) is 22.7 Å².